The minimum Gasteiger partial charge on any atom is -0.326 e. The predicted octanol–water partition coefficient (Wildman–Crippen LogP) is 4.24. The maximum Gasteiger partial charge on any atom is 0.228 e. The average molecular weight is 374 g/mol. The summed E-state index contributed by atoms with van der Waals surface area (Å²) in [5, 5.41) is 10.0. The zero-order valence-corrected chi connectivity index (χ0v) is 16.2. The van der Waals surface area contributed by atoms with Crippen LogP contribution in [0.2, 0.25) is 0 Å². The molecule has 2 N–H and O–H groups in total. The molecule has 28 heavy (non-hydrogen) atoms. The number of aryl methyl sites for hydroxylation is 1. The van der Waals surface area contributed by atoms with Crippen molar-refractivity contribution in [1.82, 2.24) is 15.1 Å². The fourth-order valence-electron chi connectivity index (χ4n) is 3.84. The van der Waals surface area contributed by atoms with Crippen LogP contribution >= 0.6 is 0 Å². The Morgan fingerprint density at radius 1 is 1.18 bits per heavy atom. The molecule has 1 unspecified atom stereocenters. The van der Waals surface area contributed by atoms with Gasteiger partial charge in [0, 0.05) is 25.0 Å². The normalized spacial score (nSPS) is 17.4. The summed E-state index contributed by atoms with van der Waals surface area (Å²) in [5.74, 6) is 0.147. The van der Waals surface area contributed by atoms with Gasteiger partial charge in [0.05, 0.1) is 11.6 Å². The maximum atomic E-state index is 12.8. The highest BCUT2D eigenvalue weighted by molar-refractivity contribution is 5.93. The molecule has 0 spiro atoms. The number of piperidine rings is 1. The molecule has 2 heterocycles. The van der Waals surface area contributed by atoms with Crippen LogP contribution < -0.4 is 5.32 Å². The van der Waals surface area contributed by atoms with Crippen molar-refractivity contribution >= 4 is 11.6 Å². The van der Waals surface area contributed by atoms with E-state index < -0.39 is 0 Å². The van der Waals surface area contributed by atoms with Crippen LogP contribution in [0.3, 0.4) is 0 Å². The first-order chi connectivity index (χ1) is 13.7. The summed E-state index contributed by atoms with van der Waals surface area (Å²) in [5.41, 5.74) is 5.52. The quantitative estimate of drug-likeness (QED) is 0.702. The van der Waals surface area contributed by atoms with E-state index in [-0.39, 0.29) is 11.8 Å². The van der Waals surface area contributed by atoms with Gasteiger partial charge < -0.3 is 5.32 Å². The standard InChI is InChI=1S/C23H26N4O/c1-17-5-2-3-6-19(17)15-27-14-4-7-20(16-27)23(28)25-21-10-8-18(9-11-21)22-12-13-24-26-22/h2-3,5-6,8-13,20H,4,7,14-16H2,1H3,(H,24,26)(H,25,28). The predicted molar refractivity (Wildman–Crippen MR) is 112 cm³/mol. The Morgan fingerprint density at radius 2 is 2.00 bits per heavy atom. The van der Waals surface area contributed by atoms with Crippen molar-refractivity contribution in [2.45, 2.75) is 26.3 Å². The molecule has 0 aliphatic carbocycles. The third-order valence-electron chi connectivity index (χ3n) is 5.50. The minimum absolute atomic E-state index is 0.0325. The molecule has 1 aliphatic heterocycles. The van der Waals surface area contributed by atoms with Gasteiger partial charge in [-0.1, -0.05) is 36.4 Å². The monoisotopic (exact) mass is 374 g/mol. The molecule has 1 aliphatic rings. The number of likely N-dealkylation sites (tertiary alicyclic amines) is 1. The topological polar surface area (TPSA) is 61.0 Å². The number of amides is 1. The van der Waals surface area contributed by atoms with E-state index in [4.69, 9.17) is 0 Å². The molecular formula is C23H26N4O. The number of hydrogen-bond donors (Lipinski definition) is 2. The first-order valence-corrected chi connectivity index (χ1v) is 9.86. The summed E-state index contributed by atoms with van der Waals surface area (Å²) in [6, 6.07) is 18.3. The second-order valence-corrected chi connectivity index (χ2v) is 7.54. The maximum absolute atomic E-state index is 12.8. The molecule has 1 atom stereocenters. The van der Waals surface area contributed by atoms with Crippen molar-refractivity contribution in [3.63, 3.8) is 0 Å². The molecule has 0 radical (unpaired) electrons. The molecule has 2 aromatic carbocycles. The number of nitrogens with one attached hydrogen (secondary N) is 2. The Labute approximate surface area is 165 Å². The van der Waals surface area contributed by atoms with Crippen LogP contribution in [0.1, 0.15) is 24.0 Å². The highest BCUT2D eigenvalue weighted by Gasteiger charge is 2.26. The lowest BCUT2D eigenvalue weighted by Crippen LogP contribution is -2.40. The lowest BCUT2D eigenvalue weighted by atomic mass is 9.96. The molecular weight excluding hydrogens is 348 g/mol. The van der Waals surface area contributed by atoms with E-state index in [2.05, 4.69) is 51.6 Å². The molecule has 0 saturated carbocycles. The van der Waals surface area contributed by atoms with E-state index in [0.29, 0.717) is 0 Å². The molecule has 0 bridgehead atoms. The fraction of sp³-hybridized carbons (Fsp3) is 0.304. The van der Waals surface area contributed by atoms with Crippen molar-refractivity contribution in [2.75, 3.05) is 18.4 Å². The third-order valence-corrected chi connectivity index (χ3v) is 5.50. The summed E-state index contributed by atoms with van der Waals surface area (Å²) in [7, 11) is 0. The number of anilines is 1. The van der Waals surface area contributed by atoms with E-state index in [0.717, 1.165) is 49.4 Å². The molecule has 5 heteroatoms. The van der Waals surface area contributed by atoms with Gasteiger partial charge >= 0.3 is 0 Å². The summed E-state index contributed by atoms with van der Waals surface area (Å²) in [6.07, 6.45) is 3.74. The number of aromatic nitrogens is 2. The van der Waals surface area contributed by atoms with Gasteiger partial charge in [0.15, 0.2) is 0 Å². The third kappa shape index (κ3) is 4.31. The van der Waals surface area contributed by atoms with E-state index in [1.165, 1.54) is 11.1 Å². The molecule has 3 aromatic rings. The van der Waals surface area contributed by atoms with Crippen LogP contribution in [0.4, 0.5) is 5.69 Å². The van der Waals surface area contributed by atoms with Gasteiger partial charge in [-0.3, -0.25) is 14.8 Å². The van der Waals surface area contributed by atoms with Gasteiger partial charge in [-0.2, -0.15) is 5.10 Å². The smallest absolute Gasteiger partial charge is 0.228 e. The van der Waals surface area contributed by atoms with Crippen LogP contribution in [0.15, 0.2) is 60.8 Å². The second kappa shape index (κ2) is 8.40. The lowest BCUT2D eigenvalue weighted by molar-refractivity contribution is -0.121. The lowest BCUT2D eigenvalue weighted by Gasteiger charge is -2.32. The second-order valence-electron chi connectivity index (χ2n) is 7.54. The Kier molecular flexibility index (Phi) is 5.53. The van der Waals surface area contributed by atoms with Crippen LogP contribution in [0.5, 0.6) is 0 Å². The van der Waals surface area contributed by atoms with Crippen LogP contribution in [0.25, 0.3) is 11.3 Å². The molecule has 4 rings (SSSR count). The van der Waals surface area contributed by atoms with Gasteiger partial charge in [-0.25, -0.2) is 0 Å². The molecule has 1 fully saturated rings. The largest absolute Gasteiger partial charge is 0.326 e. The van der Waals surface area contributed by atoms with Crippen molar-refractivity contribution in [3.05, 3.63) is 71.9 Å². The van der Waals surface area contributed by atoms with Crippen LogP contribution in [-0.4, -0.2) is 34.1 Å². The van der Waals surface area contributed by atoms with Gasteiger partial charge in [-0.15, -0.1) is 0 Å². The van der Waals surface area contributed by atoms with Crippen molar-refractivity contribution < 1.29 is 4.79 Å². The molecule has 144 valence electrons. The number of carbonyl (C=O) groups is 1. The summed E-state index contributed by atoms with van der Waals surface area (Å²) in [4.78, 5) is 15.2. The zero-order valence-electron chi connectivity index (χ0n) is 16.2. The average Bonchev–Trinajstić information content (AvgIpc) is 3.25. The van der Waals surface area contributed by atoms with Gasteiger partial charge in [-0.05, 0) is 61.2 Å². The van der Waals surface area contributed by atoms with Crippen molar-refractivity contribution in [3.8, 4) is 11.3 Å². The molecule has 1 saturated heterocycles. The Hall–Kier alpha value is -2.92. The van der Waals surface area contributed by atoms with Crippen molar-refractivity contribution in [2.24, 2.45) is 5.92 Å². The fourth-order valence-corrected chi connectivity index (χ4v) is 3.84. The van der Waals surface area contributed by atoms with E-state index >= 15 is 0 Å². The SMILES string of the molecule is Cc1ccccc1CN1CCCC(C(=O)Nc2ccc(-c3ccn[nH]3)cc2)C1. The zero-order chi connectivity index (χ0) is 19.3. The highest BCUT2D eigenvalue weighted by atomic mass is 16.1. The Balaban J connectivity index is 1.36. The Morgan fingerprint density at radius 3 is 2.75 bits per heavy atom. The first kappa shape index (κ1) is 18.4. The number of aromatic amines is 1. The molecule has 1 amide bonds. The number of carbonyl (C=O) groups excluding carboxylic acids is 1. The van der Waals surface area contributed by atoms with Gasteiger partial charge in [0.25, 0.3) is 0 Å². The minimum atomic E-state index is 0.0325. The van der Waals surface area contributed by atoms with Gasteiger partial charge in [0.1, 0.15) is 0 Å². The van der Waals surface area contributed by atoms with E-state index in [1.54, 1.807) is 6.20 Å². The number of rotatable bonds is 5. The van der Waals surface area contributed by atoms with Crippen LogP contribution in [-0.2, 0) is 11.3 Å². The van der Waals surface area contributed by atoms with Crippen LogP contribution in [0, 0.1) is 12.8 Å². The van der Waals surface area contributed by atoms with Crippen molar-refractivity contribution in [1.29, 1.82) is 0 Å². The van der Waals surface area contributed by atoms with E-state index in [1.807, 2.05) is 30.3 Å². The first-order valence-electron chi connectivity index (χ1n) is 9.86. The van der Waals surface area contributed by atoms with E-state index in [9.17, 15) is 4.79 Å². The molecule has 1 aromatic heterocycles. The Bertz CT molecular complexity index is 918. The number of hydrogen-bond acceptors (Lipinski definition) is 3. The molecule has 5 nitrogen and oxygen atoms in total. The summed E-state index contributed by atoms with van der Waals surface area (Å²) in [6.45, 7) is 4.93. The number of nitrogens with zero attached hydrogens (tertiary/aromatic N) is 2. The highest BCUT2D eigenvalue weighted by Crippen LogP contribution is 2.23. The number of benzene rings is 2. The summed E-state index contributed by atoms with van der Waals surface area (Å²) >= 11 is 0. The summed E-state index contributed by atoms with van der Waals surface area (Å²) < 4.78 is 0. The van der Waals surface area contributed by atoms with Gasteiger partial charge in [0.2, 0.25) is 5.91 Å². The number of H-pyrrole nitrogens is 1.